The number of aromatic nitrogens is 1. The zero-order chi connectivity index (χ0) is 20.2. The van der Waals surface area contributed by atoms with E-state index in [4.69, 9.17) is 0 Å². The number of nitrogens with zero attached hydrogens (tertiary/aromatic N) is 3. The van der Waals surface area contributed by atoms with Gasteiger partial charge in [-0.2, -0.15) is 0 Å². The summed E-state index contributed by atoms with van der Waals surface area (Å²) in [6.07, 6.45) is 4.64. The maximum atomic E-state index is 13.4. The quantitative estimate of drug-likeness (QED) is 0.682. The second kappa shape index (κ2) is 8.43. The van der Waals surface area contributed by atoms with Gasteiger partial charge in [0.05, 0.1) is 0 Å². The first kappa shape index (κ1) is 19.1. The maximum absolute atomic E-state index is 13.4. The van der Waals surface area contributed by atoms with Crippen molar-refractivity contribution in [3.63, 3.8) is 0 Å². The van der Waals surface area contributed by atoms with E-state index in [9.17, 15) is 9.59 Å². The molecule has 0 saturated carbocycles. The molecule has 148 valence electrons. The minimum atomic E-state index is -0.0189. The van der Waals surface area contributed by atoms with E-state index in [0.717, 1.165) is 22.8 Å². The Morgan fingerprint density at radius 1 is 1.10 bits per heavy atom. The molecule has 1 saturated heterocycles. The molecule has 0 aliphatic carbocycles. The highest BCUT2D eigenvalue weighted by atomic mass is 16.2. The van der Waals surface area contributed by atoms with Gasteiger partial charge in [-0.05, 0) is 29.5 Å². The summed E-state index contributed by atoms with van der Waals surface area (Å²) in [5, 5.41) is 1.85. The van der Waals surface area contributed by atoms with Gasteiger partial charge in [0, 0.05) is 55.4 Å². The van der Waals surface area contributed by atoms with Gasteiger partial charge >= 0.3 is 0 Å². The molecule has 5 heteroatoms. The Kier molecular flexibility index (Phi) is 5.56. The SMILES string of the molecule is CCC1CN(C(=O)c2cccc3cnccc23)CCC(=O)N1Cc1ccccc1. The highest BCUT2D eigenvalue weighted by Gasteiger charge is 2.31. The first-order valence-electron chi connectivity index (χ1n) is 10.1. The number of rotatable bonds is 4. The van der Waals surface area contributed by atoms with E-state index in [0.29, 0.717) is 31.6 Å². The molecule has 29 heavy (non-hydrogen) atoms. The molecule has 2 aromatic carbocycles. The monoisotopic (exact) mass is 387 g/mol. The minimum absolute atomic E-state index is 0.00537. The van der Waals surface area contributed by atoms with Crippen LogP contribution in [0.5, 0.6) is 0 Å². The first-order valence-corrected chi connectivity index (χ1v) is 10.1. The van der Waals surface area contributed by atoms with Crippen LogP contribution in [0.25, 0.3) is 10.8 Å². The summed E-state index contributed by atoms with van der Waals surface area (Å²) in [7, 11) is 0. The molecule has 4 rings (SSSR count). The van der Waals surface area contributed by atoms with E-state index in [1.165, 1.54) is 0 Å². The predicted molar refractivity (Wildman–Crippen MR) is 113 cm³/mol. The average Bonchev–Trinajstić information content (AvgIpc) is 2.92. The molecule has 0 radical (unpaired) electrons. The van der Waals surface area contributed by atoms with Gasteiger partial charge in [-0.25, -0.2) is 0 Å². The fourth-order valence-corrected chi connectivity index (χ4v) is 4.03. The Hall–Kier alpha value is -3.21. The molecule has 5 nitrogen and oxygen atoms in total. The van der Waals surface area contributed by atoms with Crippen LogP contribution in [0.15, 0.2) is 67.0 Å². The van der Waals surface area contributed by atoms with Crippen molar-refractivity contribution in [2.24, 2.45) is 0 Å². The van der Waals surface area contributed by atoms with Gasteiger partial charge < -0.3 is 9.80 Å². The predicted octanol–water partition coefficient (Wildman–Crippen LogP) is 3.89. The van der Waals surface area contributed by atoms with Crippen LogP contribution in [0.2, 0.25) is 0 Å². The smallest absolute Gasteiger partial charge is 0.254 e. The summed E-state index contributed by atoms with van der Waals surface area (Å²) in [5.41, 5.74) is 1.78. The van der Waals surface area contributed by atoms with Crippen LogP contribution < -0.4 is 0 Å². The lowest BCUT2D eigenvalue weighted by Gasteiger charge is -2.31. The summed E-state index contributed by atoms with van der Waals surface area (Å²) >= 11 is 0. The Morgan fingerprint density at radius 2 is 1.93 bits per heavy atom. The van der Waals surface area contributed by atoms with Gasteiger partial charge in [-0.15, -0.1) is 0 Å². The molecule has 1 fully saturated rings. The largest absolute Gasteiger partial charge is 0.336 e. The topological polar surface area (TPSA) is 53.5 Å². The number of hydrogen-bond acceptors (Lipinski definition) is 3. The fourth-order valence-electron chi connectivity index (χ4n) is 4.03. The van der Waals surface area contributed by atoms with Crippen LogP contribution >= 0.6 is 0 Å². The Balaban J connectivity index is 1.59. The van der Waals surface area contributed by atoms with Crippen LogP contribution in [0.3, 0.4) is 0 Å². The summed E-state index contributed by atoms with van der Waals surface area (Å²) in [4.78, 5) is 34.2. The standard InChI is InChI=1S/C24H25N3O2/c1-2-20-17-26(14-12-23(28)27(20)16-18-7-4-3-5-8-18)24(29)22-10-6-9-19-15-25-13-11-21(19)22/h3-11,13,15,20H,2,12,14,16-17H2,1H3. The average molecular weight is 387 g/mol. The van der Waals surface area contributed by atoms with Gasteiger partial charge in [0.15, 0.2) is 0 Å². The highest BCUT2D eigenvalue weighted by molar-refractivity contribution is 6.07. The number of fused-ring (bicyclic) bond motifs is 1. The van der Waals surface area contributed by atoms with Crippen LogP contribution in [0, 0.1) is 0 Å². The molecule has 2 amide bonds. The molecule has 1 aromatic heterocycles. The third-order valence-corrected chi connectivity index (χ3v) is 5.65. The molecule has 2 heterocycles. The van der Waals surface area contributed by atoms with Crippen molar-refractivity contribution in [1.82, 2.24) is 14.8 Å². The van der Waals surface area contributed by atoms with Crippen molar-refractivity contribution < 1.29 is 9.59 Å². The van der Waals surface area contributed by atoms with Crippen molar-refractivity contribution in [3.05, 3.63) is 78.1 Å². The van der Waals surface area contributed by atoms with Gasteiger partial charge in [0.1, 0.15) is 0 Å². The van der Waals surface area contributed by atoms with Gasteiger partial charge in [0.2, 0.25) is 5.91 Å². The molecule has 3 aromatic rings. The highest BCUT2D eigenvalue weighted by Crippen LogP contribution is 2.23. The third-order valence-electron chi connectivity index (χ3n) is 5.65. The van der Waals surface area contributed by atoms with Crippen LogP contribution in [-0.2, 0) is 11.3 Å². The molecular weight excluding hydrogens is 362 g/mol. The van der Waals surface area contributed by atoms with Crippen molar-refractivity contribution in [2.45, 2.75) is 32.4 Å². The summed E-state index contributed by atoms with van der Waals surface area (Å²) in [5.74, 6) is 0.0905. The Labute approximate surface area is 171 Å². The summed E-state index contributed by atoms with van der Waals surface area (Å²) in [6.45, 7) is 3.66. The molecule has 1 unspecified atom stereocenters. The van der Waals surface area contributed by atoms with Crippen molar-refractivity contribution in [2.75, 3.05) is 13.1 Å². The lowest BCUT2D eigenvalue weighted by Crippen LogP contribution is -2.43. The van der Waals surface area contributed by atoms with Crippen LogP contribution in [0.1, 0.15) is 35.7 Å². The number of hydrogen-bond donors (Lipinski definition) is 0. The number of carbonyl (C=O) groups is 2. The summed E-state index contributed by atoms with van der Waals surface area (Å²) in [6, 6.07) is 17.6. The van der Waals surface area contributed by atoms with E-state index in [1.54, 1.807) is 12.4 Å². The normalized spacial score (nSPS) is 17.4. The third kappa shape index (κ3) is 3.99. The van der Waals surface area contributed by atoms with Gasteiger partial charge in [-0.3, -0.25) is 14.6 Å². The second-order valence-electron chi connectivity index (χ2n) is 7.47. The van der Waals surface area contributed by atoms with Crippen molar-refractivity contribution in [3.8, 4) is 0 Å². The summed E-state index contributed by atoms with van der Waals surface area (Å²) < 4.78 is 0. The van der Waals surface area contributed by atoms with E-state index in [-0.39, 0.29) is 17.9 Å². The van der Waals surface area contributed by atoms with Crippen molar-refractivity contribution in [1.29, 1.82) is 0 Å². The van der Waals surface area contributed by atoms with Gasteiger partial charge in [-0.1, -0.05) is 49.4 Å². The molecule has 0 bridgehead atoms. The zero-order valence-corrected chi connectivity index (χ0v) is 16.6. The van der Waals surface area contributed by atoms with E-state index >= 15 is 0 Å². The first-order chi connectivity index (χ1) is 14.2. The number of amides is 2. The lowest BCUT2D eigenvalue weighted by molar-refractivity contribution is -0.133. The van der Waals surface area contributed by atoms with Crippen LogP contribution in [0.4, 0.5) is 0 Å². The number of carbonyl (C=O) groups excluding carboxylic acids is 2. The van der Waals surface area contributed by atoms with E-state index < -0.39 is 0 Å². The Bertz CT molecular complexity index is 1010. The maximum Gasteiger partial charge on any atom is 0.254 e. The van der Waals surface area contributed by atoms with E-state index in [1.807, 2.05) is 64.4 Å². The van der Waals surface area contributed by atoms with Crippen LogP contribution in [-0.4, -0.2) is 45.7 Å². The molecule has 0 N–H and O–H groups in total. The zero-order valence-electron chi connectivity index (χ0n) is 16.6. The van der Waals surface area contributed by atoms with Gasteiger partial charge in [0.25, 0.3) is 5.91 Å². The number of benzene rings is 2. The Morgan fingerprint density at radius 3 is 2.72 bits per heavy atom. The molecular formula is C24H25N3O2. The fraction of sp³-hybridized carbons (Fsp3) is 0.292. The molecule has 1 aliphatic rings. The van der Waals surface area contributed by atoms with Crippen molar-refractivity contribution >= 4 is 22.6 Å². The van der Waals surface area contributed by atoms with E-state index in [2.05, 4.69) is 11.9 Å². The molecule has 0 spiro atoms. The number of pyridine rings is 1. The second-order valence-corrected chi connectivity index (χ2v) is 7.47. The lowest BCUT2D eigenvalue weighted by atomic mass is 10.0. The minimum Gasteiger partial charge on any atom is -0.336 e. The molecule has 1 aliphatic heterocycles. The molecule has 1 atom stereocenters.